The molecule has 4 nitrogen and oxygen atoms in total. The first-order chi connectivity index (χ1) is 10.0. The minimum absolute atomic E-state index is 0.0882. The smallest absolute Gasteiger partial charge is 0.298 e. The highest BCUT2D eigenvalue weighted by Gasteiger charge is 2.27. The van der Waals surface area contributed by atoms with Crippen LogP contribution < -0.4 is 0 Å². The van der Waals surface area contributed by atoms with E-state index in [2.05, 4.69) is 21.8 Å². The maximum Gasteiger partial charge on any atom is 0.389 e. The van der Waals surface area contributed by atoms with Gasteiger partial charge in [0.15, 0.2) is 11.0 Å². The summed E-state index contributed by atoms with van der Waals surface area (Å²) < 4.78 is 38.3. The van der Waals surface area contributed by atoms with Crippen molar-refractivity contribution in [1.29, 1.82) is 0 Å². The zero-order valence-corrected chi connectivity index (χ0v) is 11.9. The molecular formula is C13H13F3N4S. The second kappa shape index (κ2) is 6.75. The monoisotopic (exact) mass is 314 g/mol. The van der Waals surface area contributed by atoms with Gasteiger partial charge in [0.2, 0.25) is 0 Å². The molecule has 0 amide bonds. The number of aromatic nitrogens is 4. The largest absolute Gasteiger partial charge is 0.389 e. The van der Waals surface area contributed by atoms with Crippen molar-refractivity contribution in [3.05, 3.63) is 37.2 Å². The summed E-state index contributed by atoms with van der Waals surface area (Å²) in [6.45, 7) is 4.08. The van der Waals surface area contributed by atoms with Crippen molar-refractivity contribution in [2.24, 2.45) is 0 Å². The molecule has 0 radical (unpaired) electrons. The van der Waals surface area contributed by atoms with Gasteiger partial charge in [-0.2, -0.15) is 13.2 Å². The van der Waals surface area contributed by atoms with Crippen molar-refractivity contribution in [3.63, 3.8) is 0 Å². The van der Waals surface area contributed by atoms with E-state index in [0.29, 0.717) is 17.5 Å². The van der Waals surface area contributed by atoms with E-state index in [4.69, 9.17) is 0 Å². The van der Waals surface area contributed by atoms with Crippen molar-refractivity contribution in [2.75, 3.05) is 5.75 Å². The van der Waals surface area contributed by atoms with Crippen LogP contribution in [-0.2, 0) is 6.54 Å². The van der Waals surface area contributed by atoms with Crippen LogP contribution in [0.4, 0.5) is 13.2 Å². The lowest BCUT2D eigenvalue weighted by Gasteiger charge is -2.08. The van der Waals surface area contributed by atoms with Gasteiger partial charge >= 0.3 is 6.18 Å². The van der Waals surface area contributed by atoms with E-state index in [1.54, 1.807) is 35.2 Å². The molecule has 112 valence electrons. The quantitative estimate of drug-likeness (QED) is 0.604. The van der Waals surface area contributed by atoms with E-state index in [1.807, 2.05) is 0 Å². The number of alkyl halides is 3. The Hall–Kier alpha value is -1.83. The molecule has 0 aliphatic heterocycles. The van der Waals surface area contributed by atoms with Crippen LogP contribution in [0.5, 0.6) is 0 Å². The number of allylic oxidation sites excluding steroid dienone is 1. The summed E-state index contributed by atoms with van der Waals surface area (Å²) in [4.78, 5) is 3.92. The minimum Gasteiger partial charge on any atom is -0.298 e. The first kappa shape index (κ1) is 15.6. The van der Waals surface area contributed by atoms with Crippen LogP contribution in [0.2, 0.25) is 0 Å². The van der Waals surface area contributed by atoms with Gasteiger partial charge in [-0.15, -0.1) is 16.8 Å². The molecule has 0 fully saturated rings. The van der Waals surface area contributed by atoms with Crippen molar-refractivity contribution in [1.82, 2.24) is 19.7 Å². The van der Waals surface area contributed by atoms with Crippen LogP contribution in [0.1, 0.15) is 6.42 Å². The third-order valence-electron chi connectivity index (χ3n) is 2.58. The fourth-order valence-corrected chi connectivity index (χ4v) is 2.59. The summed E-state index contributed by atoms with van der Waals surface area (Å²) in [5, 5.41) is 8.48. The van der Waals surface area contributed by atoms with Crippen LogP contribution >= 0.6 is 11.8 Å². The first-order valence-corrected chi connectivity index (χ1v) is 7.14. The highest BCUT2D eigenvalue weighted by atomic mass is 32.2. The van der Waals surface area contributed by atoms with Crippen LogP contribution in [0.3, 0.4) is 0 Å². The molecule has 0 bridgehead atoms. The molecule has 0 aliphatic carbocycles. The summed E-state index contributed by atoms with van der Waals surface area (Å²) in [5.74, 6) is 0.501. The van der Waals surface area contributed by atoms with Gasteiger partial charge in [0.25, 0.3) is 0 Å². The normalized spacial score (nSPS) is 11.6. The summed E-state index contributed by atoms with van der Waals surface area (Å²) in [6.07, 6.45) is -0.118. The van der Waals surface area contributed by atoms with E-state index in [-0.39, 0.29) is 5.75 Å². The van der Waals surface area contributed by atoms with E-state index in [9.17, 15) is 13.2 Å². The molecule has 0 saturated heterocycles. The fourth-order valence-electron chi connectivity index (χ4n) is 1.66. The Bertz CT molecular complexity index is 595. The molecule has 2 heterocycles. The Morgan fingerprint density at radius 3 is 2.57 bits per heavy atom. The number of nitrogens with zero attached hydrogens (tertiary/aromatic N) is 4. The highest BCUT2D eigenvalue weighted by Crippen LogP contribution is 2.27. The third kappa shape index (κ3) is 4.32. The molecule has 0 unspecified atom stereocenters. The van der Waals surface area contributed by atoms with Gasteiger partial charge in [0.05, 0.1) is 6.42 Å². The van der Waals surface area contributed by atoms with Gasteiger partial charge in [-0.1, -0.05) is 17.8 Å². The summed E-state index contributed by atoms with van der Waals surface area (Å²) in [6, 6.07) is 3.54. The third-order valence-corrected chi connectivity index (χ3v) is 3.55. The van der Waals surface area contributed by atoms with Gasteiger partial charge in [-0.25, -0.2) is 0 Å². The lowest BCUT2D eigenvalue weighted by atomic mass is 10.2. The average molecular weight is 314 g/mol. The molecule has 0 atom stereocenters. The van der Waals surface area contributed by atoms with Crippen LogP contribution in [0.15, 0.2) is 42.3 Å². The predicted octanol–water partition coefficient (Wildman–Crippen LogP) is 3.57. The van der Waals surface area contributed by atoms with Crippen LogP contribution in [0, 0.1) is 0 Å². The van der Waals surface area contributed by atoms with E-state index in [1.165, 1.54) is 0 Å². The van der Waals surface area contributed by atoms with Gasteiger partial charge < -0.3 is 0 Å². The van der Waals surface area contributed by atoms with Crippen molar-refractivity contribution >= 4 is 11.8 Å². The number of pyridine rings is 1. The Morgan fingerprint density at radius 1 is 1.24 bits per heavy atom. The number of rotatable bonds is 6. The maximum absolute atomic E-state index is 12.2. The molecule has 0 aliphatic rings. The zero-order valence-electron chi connectivity index (χ0n) is 11.0. The number of thioether (sulfide) groups is 1. The van der Waals surface area contributed by atoms with Gasteiger partial charge in [-0.05, 0) is 12.1 Å². The van der Waals surface area contributed by atoms with E-state index < -0.39 is 12.6 Å². The molecule has 8 heteroatoms. The number of halogens is 3. The standard InChI is InChI=1S/C13H13F3N4S/c1-2-8-20-11(10-3-6-17-7-4-10)18-19-12(20)21-9-5-13(14,15)16/h2-4,6-7H,1,5,8-9H2. The van der Waals surface area contributed by atoms with Crippen LogP contribution in [-0.4, -0.2) is 31.7 Å². The second-order valence-corrected chi connectivity index (χ2v) is 5.22. The second-order valence-electron chi connectivity index (χ2n) is 4.15. The molecular weight excluding hydrogens is 301 g/mol. The molecule has 0 spiro atoms. The fraction of sp³-hybridized carbons (Fsp3) is 0.308. The molecule has 0 saturated carbocycles. The maximum atomic E-state index is 12.2. The molecule has 2 aromatic rings. The van der Waals surface area contributed by atoms with Crippen LogP contribution in [0.25, 0.3) is 11.4 Å². The molecule has 0 aromatic carbocycles. The highest BCUT2D eigenvalue weighted by molar-refractivity contribution is 7.99. The van der Waals surface area contributed by atoms with Crippen molar-refractivity contribution < 1.29 is 13.2 Å². The molecule has 21 heavy (non-hydrogen) atoms. The lowest BCUT2D eigenvalue weighted by molar-refractivity contribution is -0.129. The van der Waals surface area contributed by atoms with E-state index in [0.717, 1.165) is 17.3 Å². The number of hydrogen-bond acceptors (Lipinski definition) is 4. The van der Waals surface area contributed by atoms with Crippen molar-refractivity contribution in [2.45, 2.75) is 24.3 Å². The topological polar surface area (TPSA) is 43.6 Å². The summed E-state index contributed by atoms with van der Waals surface area (Å²) in [5.41, 5.74) is 0.807. The average Bonchev–Trinajstić information content (AvgIpc) is 2.82. The summed E-state index contributed by atoms with van der Waals surface area (Å²) >= 11 is 1.04. The zero-order chi connectivity index (χ0) is 15.3. The van der Waals surface area contributed by atoms with Gasteiger partial charge in [0.1, 0.15) is 0 Å². The predicted molar refractivity (Wildman–Crippen MR) is 74.8 cm³/mol. The molecule has 2 aromatic heterocycles. The van der Waals surface area contributed by atoms with Crippen molar-refractivity contribution in [3.8, 4) is 11.4 Å². The van der Waals surface area contributed by atoms with E-state index >= 15 is 0 Å². The molecule has 0 N–H and O–H groups in total. The lowest BCUT2D eigenvalue weighted by Crippen LogP contribution is -2.09. The first-order valence-electron chi connectivity index (χ1n) is 6.15. The number of hydrogen-bond donors (Lipinski definition) is 0. The molecule has 2 rings (SSSR count). The Morgan fingerprint density at radius 2 is 1.95 bits per heavy atom. The SMILES string of the molecule is C=CCn1c(SCCC(F)(F)F)nnc1-c1ccncc1. The Labute approximate surface area is 124 Å². The van der Waals surface area contributed by atoms with Gasteiger partial charge in [0, 0.05) is 30.3 Å². The Balaban J connectivity index is 2.19. The summed E-state index contributed by atoms with van der Waals surface area (Å²) in [7, 11) is 0. The minimum atomic E-state index is -4.16. The Kier molecular flexibility index (Phi) is 5.00. The van der Waals surface area contributed by atoms with Gasteiger partial charge in [-0.3, -0.25) is 9.55 Å².